The minimum Gasteiger partial charge on any atom is -0.350 e. The Labute approximate surface area is 102 Å². The van der Waals surface area contributed by atoms with Crippen LogP contribution in [0.2, 0.25) is 5.15 Å². The number of nitrogens with zero attached hydrogens (tertiary/aromatic N) is 4. The van der Waals surface area contributed by atoms with Gasteiger partial charge in [0.15, 0.2) is 0 Å². The van der Waals surface area contributed by atoms with Crippen molar-refractivity contribution in [1.82, 2.24) is 9.97 Å². The van der Waals surface area contributed by atoms with Gasteiger partial charge in [-0.15, -0.1) is 0 Å². The largest absolute Gasteiger partial charge is 0.350 e. The van der Waals surface area contributed by atoms with Crippen LogP contribution < -0.4 is 4.90 Å². The Bertz CT molecular complexity index is 472. The second-order valence-electron chi connectivity index (χ2n) is 3.87. The third kappa shape index (κ3) is 2.80. The summed E-state index contributed by atoms with van der Waals surface area (Å²) in [4.78, 5) is 8.97. The standard InChI is InChI=1S/C10H9ClF2N4/c11-7-4-9(16-8(5-14)15-7)17-3-1-2-10(12,13)6-17/h4H,1-3,6H2. The summed E-state index contributed by atoms with van der Waals surface area (Å²) >= 11 is 5.70. The maximum absolute atomic E-state index is 13.2. The molecule has 1 saturated heterocycles. The lowest BCUT2D eigenvalue weighted by molar-refractivity contribution is -0.0118. The first-order valence-corrected chi connectivity index (χ1v) is 5.45. The summed E-state index contributed by atoms with van der Waals surface area (Å²) in [6, 6.07) is 3.14. The van der Waals surface area contributed by atoms with Gasteiger partial charge in [-0.25, -0.2) is 18.7 Å². The first kappa shape index (κ1) is 12.0. The van der Waals surface area contributed by atoms with Gasteiger partial charge in [-0.05, 0) is 6.42 Å². The van der Waals surface area contributed by atoms with E-state index in [1.54, 1.807) is 6.07 Å². The maximum atomic E-state index is 13.2. The Balaban J connectivity index is 2.28. The van der Waals surface area contributed by atoms with Crippen LogP contribution in [-0.2, 0) is 0 Å². The number of rotatable bonds is 1. The molecule has 1 aromatic heterocycles. The van der Waals surface area contributed by atoms with Gasteiger partial charge >= 0.3 is 0 Å². The van der Waals surface area contributed by atoms with Gasteiger partial charge in [0.1, 0.15) is 17.0 Å². The summed E-state index contributed by atoms with van der Waals surface area (Å²) in [5.41, 5.74) is 0. The molecule has 7 heteroatoms. The number of hydrogen-bond acceptors (Lipinski definition) is 4. The predicted octanol–water partition coefficient (Wildman–Crippen LogP) is 2.24. The molecule has 90 valence electrons. The molecule has 0 N–H and O–H groups in total. The molecule has 0 aromatic carbocycles. The number of alkyl halides is 2. The van der Waals surface area contributed by atoms with E-state index in [0.717, 1.165) is 0 Å². The molecule has 1 aliphatic heterocycles. The van der Waals surface area contributed by atoms with Crippen molar-refractivity contribution in [2.45, 2.75) is 18.8 Å². The fourth-order valence-electron chi connectivity index (χ4n) is 1.78. The summed E-state index contributed by atoms with van der Waals surface area (Å²) in [7, 11) is 0. The fourth-order valence-corrected chi connectivity index (χ4v) is 1.96. The summed E-state index contributed by atoms with van der Waals surface area (Å²) in [6.07, 6.45) is 0.268. The normalized spacial score (nSPS) is 18.8. The van der Waals surface area contributed by atoms with Crippen molar-refractivity contribution in [2.24, 2.45) is 0 Å². The first-order chi connectivity index (χ1) is 8.00. The van der Waals surface area contributed by atoms with Crippen LogP contribution in [0.4, 0.5) is 14.6 Å². The van der Waals surface area contributed by atoms with E-state index in [9.17, 15) is 8.78 Å². The van der Waals surface area contributed by atoms with Crippen LogP contribution in [0.5, 0.6) is 0 Å². The van der Waals surface area contributed by atoms with Crippen LogP contribution in [0.1, 0.15) is 18.7 Å². The van der Waals surface area contributed by atoms with Crippen molar-refractivity contribution in [3.05, 3.63) is 17.0 Å². The quantitative estimate of drug-likeness (QED) is 0.725. The lowest BCUT2D eigenvalue weighted by Gasteiger charge is -2.33. The third-order valence-corrected chi connectivity index (χ3v) is 2.69. The zero-order valence-electron chi connectivity index (χ0n) is 8.83. The van der Waals surface area contributed by atoms with Gasteiger partial charge < -0.3 is 4.90 Å². The Morgan fingerprint density at radius 3 is 2.88 bits per heavy atom. The van der Waals surface area contributed by atoms with Crippen molar-refractivity contribution >= 4 is 17.4 Å². The average Bonchev–Trinajstić information content (AvgIpc) is 2.27. The molecule has 0 radical (unpaired) electrons. The van der Waals surface area contributed by atoms with E-state index in [0.29, 0.717) is 13.0 Å². The van der Waals surface area contributed by atoms with Crippen molar-refractivity contribution < 1.29 is 8.78 Å². The van der Waals surface area contributed by atoms with Gasteiger partial charge in [-0.2, -0.15) is 5.26 Å². The van der Waals surface area contributed by atoms with Gasteiger partial charge in [-0.1, -0.05) is 11.6 Å². The predicted molar refractivity (Wildman–Crippen MR) is 58.2 cm³/mol. The highest BCUT2D eigenvalue weighted by molar-refractivity contribution is 6.29. The molecule has 0 spiro atoms. The highest BCUT2D eigenvalue weighted by Gasteiger charge is 2.35. The zero-order valence-corrected chi connectivity index (χ0v) is 9.58. The Hall–Kier alpha value is -1.48. The van der Waals surface area contributed by atoms with Crippen LogP contribution in [0.25, 0.3) is 0 Å². The maximum Gasteiger partial charge on any atom is 0.265 e. The molecule has 0 saturated carbocycles. The van der Waals surface area contributed by atoms with E-state index in [2.05, 4.69) is 9.97 Å². The monoisotopic (exact) mass is 258 g/mol. The highest BCUT2D eigenvalue weighted by Crippen LogP contribution is 2.29. The lowest BCUT2D eigenvalue weighted by atomic mass is 10.1. The number of nitriles is 1. The second kappa shape index (κ2) is 4.41. The van der Waals surface area contributed by atoms with Crippen molar-refractivity contribution in [1.29, 1.82) is 5.26 Å². The van der Waals surface area contributed by atoms with E-state index < -0.39 is 12.5 Å². The number of piperidine rings is 1. The molecule has 0 unspecified atom stereocenters. The minimum absolute atomic E-state index is 0.0837. The minimum atomic E-state index is -2.72. The summed E-state index contributed by atoms with van der Waals surface area (Å²) in [5.74, 6) is -2.55. The smallest absolute Gasteiger partial charge is 0.265 e. The van der Waals surface area contributed by atoms with Crippen LogP contribution >= 0.6 is 11.6 Å². The molecule has 2 heterocycles. The van der Waals surface area contributed by atoms with E-state index in [1.165, 1.54) is 11.0 Å². The van der Waals surface area contributed by atoms with Crippen LogP contribution in [0.15, 0.2) is 6.07 Å². The molecule has 17 heavy (non-hydrogen) atoms. The Kier molecular flexibility index (Phi) is 3.11. The summed E-state index contributed by atoms with van der Waals surface area (Å²) < 4.78 is 26.5. The summed E-state index contributed by atoms with van der Waals surface area (Å²) in [5, 5.41) is 8.77. The SMILES string of the molecule is N#Cc1nc(Cl)cc(N2CCCC(F)(F)C2)n1. The van der Waals surface area contributed by atoms with Crippen molar-refractivity contribution in [3.63, 3.8) is 0 Å². The van der Waals surface area contributed by atoms with E-state index in [1.807, 2.05) is 0 Å². The van der Waals surface area contributed by atoms with E-state index in [-0.39, 0.29) is 23.2 Å². The molecule has 0 bridgehead atoms. The molecule has 1 aliphatic rings. The van der Waals surface area contributed by atoms with Crippen LogP contribution in [0, 0.1) is 11.3 Å². The fraction of sp³-hybridized carbons (Fsp3) is 0.500. The molecule has 0 amide bonds. The molecular formula is C10H9ClF2N4. The first-order valence-electron chi connectivity index (χ1n) is 5.08. The van der Waals surface area contributed by atoms with E-state index >= 15 is 0 Å². The molecule has 4 nitrogen and oxygen atoms in total. The molecule has 1 fully saturated rings. The molecule has 2 rings (SSSR count). The van der Waals surface area contributed by atoms with Gasteiger partial charge in [0.25, 0.3) is 5.92 Å². The van der Waals surface area contributed by atoms with Gasteiger partial charge in [0.05, 0.1) is 6.54 Å². The van der Waals surface area contributed by atoms with Crippen molar-refractivity contribution in [3.8, 4) is 6.07 Å². The Morgan fingerprint density at radius 1 is 1.47 bits per heavy atom. The second-order valence-corrected chi connectivity index (χ2v) is 4.25. The number of aromatic nitrogens is 2. The molecule has 0 aliphatic carbocycles. The Morgan fingerprint density at radius 2 is 2.24 bits per heavy atom. The van der Waals surface area contributed by atoms with E-state index in [4.69, 9.17) is 16.9 Å². The van der Waals surface area contributed by atoms with Crippen molar-refractivity contribution in [2.75, 3.05) is 18.0 Å². The topological polar surface area (TPSA) is 52.8 Å². The number of hydrogen-bond donors (Lipinski definition) is 0. The highest BCUT2D eigenvalue weighted by atomic mass is 35.5. The summed E-state index contributed by atoms with van der Waals surface area (Å²) in [6.45, 7) is 0.0824. The molecule has 1 aromatic rings. The number of anilines is 1. The number of halogens is 3. The lowest BCUT2D eigenvalue weighted by Crippen LogP contribution is -2.43. The van der Waals surface area contributed by atoms with Crippen LogP contribution in [0.3, 0.4) is 0 Å². The molecule has 0 atom stereocenters. The van der Waals surface area contributed by atoms with Gasteiger partial charge in [0, 0.05) is 19.0 Å². The van der Waals surface area contributed by atoms with Crippen LogP contribution in [-0.4, -0.2) is 29.0 Å². The average molecular weight is 259 g/mol. The third-order valence-electron chi connectivity index (χ3n) is 2.50. The van der Waals surface area contributed by atoms with Gasteiger partial charge in [-0.3, -0.25) is 0 Å². The van der Waals surface area contributed by atoms with Gasteiger partial charge in [0.2, 0.25) is 5.82 Å². The zero-order chi connectivity index (χ0) is 12.5. The molecular weight excluding hydrogens is 250 g/mol.